The molecular weight excluding hydrogens is 116 g/mol. The molecule has 2 atom stereocenters. The zero-order valence-corrected chi connectivity index (χ0v) is 6.04. The molecule has 0 aromatic heterocycles. The van der Waals surface area contributed by atoms with Crippen molar-refractivity contribution in [3.8, 4) is 0 Å². The molecule has 9 heavy (non-hydrogen) atoms. The van der Waals surface area contributed by atoms with Crippen LogP contribution in [0.1, 0.15) is 20.3 Å². The monoisotopic (exact) mass is 132 g/mol. The maximum absolute atomic E-state index is 5.55. The van der Waals surface area contributed by atoms with Crippen molar-refractivity contribution in [1.82, 2.24) is 5.12 Å². The molecule has 0 heterocycles. The lowest BCUT2D eigenvalue weighted by molar-refractivity contribution is 0.177. The van der Waals surface area contributed by atoms with Crippen molar-refractivity contribution in [3.05, 3.63) is 0 Å². The first-order valence-electron chi connectivity index (χ1n) is 3.13. The molecule has 0 saturated heterocycles. The third kappa shape index (κ3) is 2.76. The Hall–Kier alpha value is -0.160. The van der Waals surface area contributed by atoms with E-state index >= 15 is 0 Å². The largest absolute Gasteiger partial charge is 0.326 e. The summed E-state index contributed by atoms with van der Waals surface area (Å²) in [5.74, 6) is 10.6. The van der Waals surface area contributed by atoms with E-state index in [1.54, 1.807) is 0 Å². The Morgan fingerprint density at radius 1 is 1.44 bits per heavy atom. The van der Waals surface area contributed by atoms with E-state index in [0.29, 0.717) is 0 Å². The minimum absolute atomic E-state index is 0.0324. The molecule has 0 bridgehead atoms. The molecule has 0 radical (unpaired) electrons. The average molecular weight is 132 g/mol. The van der Waals surface area contributed by atoms with E-state index < -0.39 is 0 Å². The number of nitrogens with zero attached hydrogens (tertiary/aromatic N) is 1. The van der Waals surface area contributed by atoms with Gasteiger partial charge in [-0.3, -0.25) is 11.7 Å². The second kappa shape index (κ2) is 3.79. The van der Waals surface area contributed by atoms with E-state index in [2.05, 4.69) is 0 Å². The predicted molar refractivity (Wildman–Crippen MR) is 37.9 cm³/mol. The number of nitrogens with two attached hydrogens (primary N) is 3. The van der Waals surface area contributed by atoms with Gasteiger partial charge in [-0.2, -0.15) is 5.12 Å². The second-order valence-corrected chi connectivity index (χ2v) is 2.28. The van der Waals surface area contributed by atoms with E-state index in [4.69, 9.17) is 17.4 Å². The van der Waals surface area contributed by atoms with E-state index in [1.165, 1.54) is 5.12 Å². The molecule has 0 amide bonds. The van der Waals surface area contributed by atoms with Crippen LogP contribution >= 0.6 is 0 Å². The number of rotatable bonds is 3. The Balaban J connectivity index is 3.68. The average Bonchev–Trinajstić information content (AvgIpc) is 1.64. The van der Waals surface area contributed by atoms with E-state index in [9.17, 15) is 0 Å². The van der Waals surface area contributed by atoms with Gasteiger partial charge in [0.05, 0.1) is 6.04 Å². The number of hydrazine groups is 2. The molecule has 6 N–H and O–H groups in total. The molecule has 4 nitrogen and oxygen atoms in total. The summed E-state index contributed by atoms with van der Waals surface area (Å²) < 4.78 is 0. The topological polar surface area (TPSA) is 81.3 Å². The van der Waals surface area contributed by atoms with Crippen LogP contribution < -0.4 is 17.4 Å². The third-order valence-electron chi connectivity index (χ3n) is 1.41. The highest BCUT2D eigenvalue weighted by Crippen LogP contribution is 1.97. The zero-order chi connectivity index (χ0) is 7.44. The van der Waals surface area contributed by atoms with Gasteiger partial charge in [-0.05, 0) is 13.3 Å². The summed E-state index contributed by atoms with van der Waals surface area (Å²) in [7, 11) is 0. The molecule has 0 aliphatic rings. The Morgan fingerprint density at radius 2 is 1.89 bits per heavy atom. The molecule has 0 saturated carbocycles. The maximum Gasteiger partial charge on any atom is 0.0540 e. The van der Waals surface area contributed by atoms with Crippen LogP contribution in [-0.2, 0) is 0 Å². The molecule has 2 unspecified atom stereocenters. The molecule has 0 fully saturated rings. The molecule has 0 aromatic rings. The summed E-state index contributed by atoms with van der Waals surface area (Å²) in [5.41, 5.74) is 5.55. The highest BCUT2D eigenvalue weighted by atomic mass is 15.6. The van der Waals surface area contributed by atoms with Crippen LogP contribution in [0.2, 0.25) is 0 Å². The standard InChI is InChI=1S/C5H16N4/c1-3-5(4(2)6)9(7)8/h4-5H,3,6-8H2,1-2H3. The minimum Gasteiger partial charge on any atom is -0.326 e. The molecule has 4 heteroatoms. The van der Waals surface area contributed by atoms with Crippen LogP contribution in [0.25, 0.3) is 0 Å². The normalized spacial score (nSPS) is 18.0. The fourth-order valence-electron chi connectivity index (χ4n) is 0.854. The smallest absolute Gasteiger partial charge is 0.0540 e. The highest BCUT2D eigenvalue weighted by Gasteiger charge is 2.13. The Labute approximate surface area is 55.9 Å². The van der Waals surface area contributed by atoms with Gasteiger partial charge in [0.25, 0.3) is 0 Å². The Kier molecular flexibility index (Phi) is 3.72. The lowest BCUT2D eigenvalue weighted by atomic mass is 10.1. The van der Waals surface area contributed by atoms with Gasteiger partial charge in [0, 0.05) is 6.04 Å². The van der Waals surface area contributed by atoms with Gasteiger partial charge in [0.15, 0.2) is 0 Å². The SMILES string of the molecule is CCC(C(C)N)N(N)N. The van der Waals surface area contributed by atoms with Crippen LogP contribution in [0.4, 0.5) is 0 Å². The van der Waals surface area contributed by atoms with Crippen molar-refractivity contribution in [2.45, 2.75) is 32.4 Å². The summed E-state index contributed by atoms with van der Waals surface area (Å²) in [6.45, 7) is 3.89. The molecule has 56 valence electrons. The van der Waals surface area contributed by atoms with Gasteiger partial charge >= 0.3 is 0 Å². The zero-order valence-electron chi connectivity index (χ0n) is 6.04. The Morgan fingerprint density at radius 3 is 1.89 bits per heavy atom. The van der Waals surface area contributed by atoms with Gasteiger partial charge in [-0.15, -0.1) is 0 Å². The van der Waals surface area contributed by atoms with Gasteiger partial charge in [0.2, 0.25) is 0 Å². The quantitative estimate of drug-likeness (QED) is 0.345. The highest BCUT2D eigenvalue weighted by molar-refractivity contribution is 4.70. The van der Waals surface area contributed by atoms with Crippen LogP contribution in [-0.4, -0.2) is 17.2 Å². The first kappa shape index (κ1) is 8.84. The lowest BCUT2D eigenvalue weighted by Crippen LogP contribution is -2.53. The second-order valence-electron chi connectivity index (χ2n) is 2.28. The molecule has 0 aromatic carbocycles. The summed E-state index contributed by atoms with van der Waals surface area (Å²) in [4.78, 5) is 0. The third-order valence-corrected chi connectivity index (χ3v) is 1.41. The first-order valence-corrected chi connectivity index (χ1v) is 3.13. The number of hydrogen-bond acceptors (Lipinski definition) is 4. The van der Waals surface area contributed by atoms with E-state index in [1.807, 2.05) is 13.8 Å². The van der Waals surface area contributed by atoms with Crippen LogP contribution in [0.15, 0.2) is 0 Å². The van der Waals surface area contributed by atoms with Gasteiger partial charge < -0.3 is 5.73 Å². The predicted octanol–water partition coefficient (Wildman–Crippen LogP) is -0.838. The molecule has 0 rings (SSSR count). The van der Waals surface area contributed by atoms with Crippen LogP contribution in [0.3, 0.4) is 0 Å². The van der Waals surface area contributed by atoms with Crippen molar-refractivity contribution < 1.29 is 0 Å². The van der Waals surface area contributed by atoms with Gasteiger partial charge in [-0.1, -0.05) is 6.92 Å². The van der Waals surface area contributed by atoms with E-state index in [0.717, 1.165) is 6.42 Å². The molecular formula is C5H16N4. The molecule has 0 spiro atoms. The number of hydrogen-bond donors (Lipinski definition) is 3. The van der Waals surface area contributed by atoms with Crippen molar-refractivity contribution >= 4 is 0 Å². The van der Waals surface area contributed by atoms with Crippen LogP contribution in [0.5, 0.6) is 0 Å². The summed E-state index contributed by atoms with van der Waals surface area (Å²) in [6.07, 6.45) is 0.880. The minimum atomic E-state index is 0.0324. The van der Waals surface area contributed by atoms with Crippen molar-refractivity contribution in [2.24, 2.45) is 17.4 Å². The molecule has 0 aliphatic heterocycles. The van der Waals surface area contributed by atoms with Crippen molar-refractivity contribution in [2.75, 3.05) is 0 Å². The lowest BCUT2D eigenvalue weighted by Gasteiger charge is -2.24. The van der Waals surface area contributed by atoms with Crippen molar-refractivity contribution in [1.29, 1.82) is 0 Å². The Bertz CT molecular complexity index is 63.4. The first-order chi connectivity index (χ1) is 4.09. The van der Waals surface area contributed by atoms with Gasteiger partial charge in [-0.25, -0.2) is 0 Å². The van der Waals surface area contributed by atoms with Crippen LogP contribution in [0, 0.1) is 0 Å². The van der Waals surface area contributed by atoms with Gasteiger partial charge in [0.1, 0.15) is 0 Å². The maximum atomic E-state index is 5.55. The fourth-order valence-corrected chi connectivity index (χ4v) is 0.854. The summed E-state index contributed by atoms with van der Waals surface area (Å²) in [6, 6.07) is 0.120. The van der Waals surface area contributed by atoms with Crippen molar-refractivity contribution in [3.63, 3.8) is 0 Å². The summed E-state index contributed by atoms with van der Waals surface area (Å²) >= 11 is 0. The fraction of sp³-hybridized carbons (Fsp3) is 1.00. The summed E-state index contributed by atoms with van der Waals surface area (Å²) in [5, 5.41) is 1.17. The van der Waals surface area contributed by atoms with E-state index in [-0.39, 0.29) is 12.1 Å². The molecule has 0 aliphatic carbocycles.